The van der Waals surface area contributed by atoms with Gasteiger partial charge in [-0.2, -0.15) is 0 Å². The maximum atomic E-state index is 2.48. The molecule has 0 aliphatic rings. The minimum atomic E-state index is 1.17. The number of hydrogen-bond acceptors (Lipinski definition) is 2. The van der Waals surface area contributed by atoms with E-state index in [2.05, 4.69) is 155 Å². The van der Waals surface area contributed by atoms with Crippen LogP contribution in [0.25, 0.3) is 84.9 Å². The van der Waals surface area contributed by atoms with E-state index in [1.165, 1.54) is 84.9 Å². The molecule has 0 bridgehead atoms. The minimum Gasteiger partial charge on any atom is -0.309 e. The first kappa shape index (κ1) is 24.3. The van der Waals surface area contributed by atoms with Gasteiger partial charge in [-0.05, 0) is 59.7 Å². The topological polar surface area (TPSA) is 9.86 Å². The van der Waals surface area contributed by atoms with Gasteiger partial charge in [0.1, 0.15) is 4.83 Å². The Bertz CT molecular complexity index is 2720. The summed E-state index contributed by atoms with van der Waals surface area (Å²) in [6.45, 7) is 0. The van der Waals surface area contributed by atoms with Crippen LogP contribution in [0, 0.1) is 0 Å². The Morgan fingerprint density at radius 2 is 1.05 bits per heavy atom. The predicted octanol–water partition coefficient (Wildman–Crippen LogP) is 12.0. The molecule has 0 saturated carbocycles. The van der Waals surface area contributed by atoms with Gasteiger partial charge in [0.15, 0.2) is 0 Å². The first-order chi connectivity index (χ1) is 21.8. The third-order valence-electron chi connectivity index (χ3n) is 8.96. The summed E-state index contributed by atoms with van der Waals surface area (Å²) < 4.78 is 7.65. The Labute approximate surface area is 261 Å². The van der Waals surface area contributed by atoms with E-state index in [0.717, 1.165) is 0 Å². The number of nitrogens with zero attached hydrogens (tertiary/aromatic N) is 2. The molecule has 4 aromatic heterocycles. The van der Waals surface area contributed by atoms with Gasteiger partial charge in [0.05, 0.1) is 20.6 Å². The Morgan fingerprint density at radius 3 is 1.91 bits per heavy atom. The Kier molecular flexibility index (Phi) is 5.06. The molecule has 44 heavy (non-hydrogen) atoms. The van der Waals surface area contributed by atoms with Crippen molar-refractivity contribution in [1.29, 1.82) is 0 Å². The quantitative estimate of drug-likeness (QED) is 0.192. The summed E-state index contributed by atoms with van der Waals surface area (Å²) in [5.41, 5.74) is 8.50. The first-order valence-electron chi connectivity index (χ1n) is 14.9. The summed E-state index contributed by atoms with van der Waals surface area (Å²) >= 11 is 3.83. The van der Waals surface area contributed by atoms with Gasteiger partial charge in [0.25, 0.3) is 0 Å². The summed E-state index contributed by atoms with van der Waals surface area (Å²) in [4.78, 5) is 1.32. The fourth-order valence-electron chi connectivity index (χ4n) is 7.06. The zero-order valence-electron chi connectivity index (χ0n) is 23.6. The van der Waals surface area contributed by atoms with Crippen LogP contribution in [-0.2, 0) is 0 Å². The molecule has 4 heteroatoms. The van der Waals surface area contributed by atoms with Crippen LogP contribution in [0.1, 0.15) is 0 Å². The lowest BCUT2D eigenvalue weighted by molar-refractivity contribution is 1.17. The van der Waals surface area contributed by atoms with E-state index in [9.17, 15) is 0 Å². The standard InChI is InChI=1S/C40H24N2S2/c1-2-11-25(12-3-1)26-13-10-14-27(23-26)41-33-18-7-4-15-29(33)32-24-28(21-22-35(32)41)42-34-19-8-5-16-30(34)37-38-31-17-6-9-20-36(31)43-40(38)44-39(37)42/h1-24H. The maximum Gasteiger partial charge on any atom is 0.110 e. The van der Waals surface area contributed by atoms with Crippen molar-refractivity contribution in [2.75, 3.05) is 0 Å². The van der Waals surface area contributed by atoms with Crippen LogP contribution >= 0.6 is 22.7 Å². The van der Waals surface area contributed by atoms with E-state index in [-0.39, 0.29) is 0 Å². The molecule has 6 aromatic carbocycles. The molecule has 0 unspecified atom stereocenters. The molecule has 10 rings (SSSR count). The molecule has 0 spiro atoms. The summed E-state index contributed by atoms with van der Waals surface area (Å²) in [7, 11) is 0. The second-order valence-electron chi connectivity index (χ2n) is 11.4. The molecule has 0 fully saturated rings. The van der Waals surface area contributed by atoms with Gasteiger partial charge < -0.3 is 9.13 Å². The van der Waals surface area contributed by atoms with Gasteiger partial charge in [-0.3, -0.25) is 0 Å². The molecular formula is C40H24N2S2. The number of benzene rings is 6. The van der Waals surface area contributed by atoms with E-state index in [1.54, 1.807) is 0 Å². The average Bonchev–Trinajstić information content (AvgIpc) is 3.80. The Balaban J connectivity index is 1.24. The van der Waals surface area contributed by atoms with Crippen LogP contribution in [0.15, 0.2) is 146 Å². The lowest BCUT2D eigenvalue weighted by Gasteiger charge is -2.11. The summed E-state index contributed by atoms with van der Waals surface area (Å²) in [5.74, 6) is 0. The molecule has 0 saturated heterocycles. The smallest absolute Gasteiger partial charge is 0.110 e. The fourth-order valence-corrected chi connectivity index (χ4v) is 9.78. The van der Waals surface area contributed by atoms with E-state index < -0.39 is 0 Å². The van der Waals surface area contributed by atoms with Gasteiger partial charge in [-0.25, -0.2) is 0 Å². The predicted molar refractivity (Wildman–Crippen MR) is 191 cm³/mol. The van der Waals surface area contributed by atoms with Gasteiger partial charge >= 0.3 is 0 Å². The molecule has 4 heterocycles. The summed E-state index contributed by atoms with van der Waals surface area (Å²) in [6, 6.07) is 53.1. The maximum absolute atomic E-state index is 2.48. The Hall–Kier alpha value is -5.16. The number of thiophene rings is 2. The fraction of sp³-hybridized carbons (Fsp3) is 0. The number of hydrogen-bond donors (Lipinski definition) is 0. The van der Waals surface area contributed by atoms with Crippen molar-refractivity contribution in [1.82, 2.24) is 9.13 Å². The van der Waals surface area contributed by atoms with E-state index in [1.807, 2.05) is 22.7 Å². The third-order valence-corrected chi connectivity index (χ3v) is 11.4. The highest BCUT2D eigenvalue weighted by molar-refractivity contribution is 7.44. The highest BCUT2D eigenvalue weighted by Crippen LogP contribution is 2.49. The molecular weight excluding hydrogens is 573 g/mol. The molecule has 206 valence electrons. The van der Waals surface area contributed by atoms with Crippen LogP contribution in [-0.4, -0.2) is 9.13 Å². The van der Waals surface area contributed by atoms with Crippen LogP contribution in [0.2, 0.25) is 0 Å². The Morgan fingerprint density at radius 1 is 0.386 bits per heavy atom. The molecule has 0 aliphatic heterocycles. The second kappa shape index (κ2) is 9.17. The largest absolute Gasteiger partial charge is 0.309 e. The van der Waals surface area contributed by atoms with Crippen molar-refractivity contribution in [3.05, 3.63) is 146 Å². The minimum absolute atomic E-state index is 1.17. The van der Waals surface area contributed by atoms with Gasteiger partial charge in [-0.1, -0.05) is 97.1 Å². The van der Waals surface area contributed by atoms with E-state index in [4.69, 9.17) is 0 Å². The highest BCUT2D eigenvalue weighted by Gasteiger charge is 2.21. The zero-order valence-corrected chi connectivity index (χ0v) is 25.2. The monoisotopic (exact) mass is 596 g/mol. The van der Waals surface area contributed by atoms with E-state index in [0.29, 0.717) is 0 Å². The van der Waals surface area contributed by atoms with Crippen molar-refractivity contribution in [3.63, 3.8) is 0 Å². The van der Waals surface area contributed by atoms with Gasteiger partial charge in [0.2, 0.25) is 0 Å². The van der Waals surface area contributed by atoms with Crippen molar-refractivity contribution in [2.45, 2.75) is 0 Å². The van der Waals surface area contributed by atoms with Crippen molar-refractivity contribution in [2.24, 2.45) is 0 Å². The molecule has 0 amide bonds. The van der Waals surface area contributed by atoms with Crippen LogP contribution < -0.4 is 0 Å². The number of para-hydroxylation sites is 2. The first-order valence-corrected chi connectivity index (χ1v) is 16.5. The lowest BCUT2D eigenvalue weighted by atomic mass is 10.1. The normalized spacial score (nSPS) is 12.1. The summed E-state index contributed by atoms with van der Waals surface area (Å²) in [6.07, 6.45) is 0. The van der Waals surface area contributed by atoms with E-state index >= 15 is 0 Å². The number of rotatable bonds is 3. The lowest BCUT2D eigenvalue weighted by Crippen LogP contribution is -1.95. The van der Waals surface area contributed by atoms with Crippen LogP contribution in [0.5, 0.6) is 0 Å². The van der Waals surface area contributed by atoms with Gasteiger partial charge in [0, 0.05) is 48.4 Å². The van der Waals surface area contributed by atoms with Crippen molar-refractivity contribution in [3.8, 4) is 22.5 Å². The molecule has 0 aliphatic carbocycles. The van der Waals surface area contributed by atoms with Gasteiger partial charge in [-0.15, -0.1) is 22.7 Å². The summed E-state index contributed by atoms with van der Waals surface area (Å²) in [5, 5.41) is 7.98. The van der Waals surface area contributed by atoms with Crippen LogP contribution in [0.3, 0.4) is 0 Å². The van der Waals surface area contributed by atoms with Crippen molar-refractivity contribution >= 4 is 85.1 Å². The number of aromatic nitrogens is 2. The SMILES string of the molecule is c1ccc(-c2cccc(-n3c4ccccc4c4cc(-n5c6ccccc6c6c7c(sc8ccccc87)sc65)ccc43)c2)cc1. The molecule has 0 radical (unpaired) electrons. The average molecular weight is 597 g/mol. The molecule has 0 atom stereocenters. The third kappa shape index (κ3) is 3.35. The zero-order chi connectivity index (χ0) is 28.8. The molecule has 0 N–H and O–H groups in total. The second-order valence-corrected chi connectivity index (χ2v) is 13.7. The molecule has 2 nitrogen and oxygen atoms in total. The van der Waals surface area contributed by atoms with Crippen molar-refractivity contribution < 1.29 is 0 Å². The number of fused-ring (bicyclic) bond motifs is 10. The highest BCUT2D eigenvalue weighted by atomic mass is 32.2. The van der Waals surface area contributed by atoms with Crippen LogP contribution in [0.4, 0.5) is 0 Å². The molecule has 10 aromatic rings.